The van der Waals surface area contributed by atoms with Gasteiger partial charge in [0.25, 0.3) is 0 Å². The Morgan fingerprint density at radius 3 is 2.69 bits per heavy atom. The number of rotatable bonds is 2. The lowest BCUT2D eigenvalue weighted by Crippen LogP contribution is -2.33. The Kier molecular flexibility index (Phi) is 2.82. The number of carboxylic acid groups (broad SMARTS) is 1. The highest BCUT2D eigenvalue weighted by molar-refractivity contribution is 9.10. The van der Waals surface area contributed by atoms with Crippen molar-refractivity contribution in [3.05, 3.63) is 33.8 Å². The molecule has 0 heterocycles. The quantitative estimate of drug-likeness (QED) is 0.904. The Balaban J connectivity index is 2.30. The average molecular weight is 283 g/mol. The van der Waals surface area contributed by atoms with Crippen LogP contribution in [0.25, 0.3) is 0 Å². The topological polar surface area (TPSA) is 37.3 Å². The second-order valence-corrected chi connectivity index (χ2v) is 5.86. The molecule has 2 nitrogen and oxygen atoms in total. The van der Waals surface area contributed by atoms with Gasteiger partial charge in [-0.25, -0.2) is 0 Å². The molecule has 0 amide bonds. The first-order valence-corrected chi connectivity index (χ1v) is 6.22. The van der Waals surface area contributed by atoms with Gasteiger partial charge in [-0.05, 0) is 49.8 Å². The predicted octanol–water partition coefficient (Wildman–Crippen LogP) is 3.27. The normalized spacial score (nSPS) is 19.6. The van der Waals surface area contributed by atoms with Crippen molar-refractivity contribution >= 4 is 21.9 Å². The van der Waals surface area contributed by atoms with Crippen LogP contribution in [-0.2, 0) is 17.6 Å². The zero-order valence-corrected chi connectivity index (χ0v) is 11.0. The Morgan fingerprint density at radius 2 is 2.12 bits per heavy atom. The Bertz CT molecular complexity index is 438. The van der Waals surface area contributed by atoms with Crippen LogP contribution in [0.15, 0.2) is 22.7 Å². The molecule has 1 N–H and O–H groups in total. The van der Waals surface area contributed by atoms with Gasteiger partial charge in [0, 0.05) is 4.47 Å². The third-order valence-corrected chi connectivity index (χ3v) is 4.45. The second kappa shape index (κ2) is 3.88. The van der Waals surface area contributed by atoms with E-state index < -0.39 is 11.4 Å². The molecule has 3 heteroatoms. The molecule has 0 spiro atoms. The summed E-state index contributed by atoms with van der Waals surface area (Å²) in [7, 11) is 0. The monoisotopic (exact) mass is 282 g/mol. The van der Waals surface area contributed by atoms with E-state index in [9.17, 15) is 9.90 Å². The zero-order chi connectivity index (χ0) is 11.9. The number of halogens is 1. The molecule has 1 aromatic carbocycles. The highest BCUT2D eigenvalue weighted by Gasteiger charge is 2.40. The molecule has 0 aliphatic heterocycles. The number of fused-ring (bicyclic) bond motifs is 1. The van der Waals surface area contributed by atoms with Gasteiger partial charge in [-0.3, -0.25) is 4.79 Å². The van der Waals surface area contributed by atoms with E-state index in [-0.39, 0.29) is 5.92 Å². The van der Waals surface area contributed by atoms with Gasteiger partial charge < -0.3 is 5.11 Å². The summed E-state index contributed by atoms with van der Waals surface area (Å²) in [4.78, 5) is 11.2. The Hall–Kier alpha value is -0.830. The maximum absolute atomic E-state index is 11.2. The van der Waals surface area contributed by atoms with E-state index in [1.165, 1.54) is 11.1 Å². The number of carbonyl (C=O) groups is 1. The van der Waals surface area contributed by atoms with Crippen molar-refractivity contribution in [1.29, 1.82) is 0 Å². The summed E-state index contributed by atoms with van der Waals surface area (Å²) in [6, 6.07) is 6.13. The molecule has 1 aliphatic carbocycles. The minimum Gasteiger partial charge on any atom is -0.481 e. The largest absolute Gasteiger partial charge is 0.481 e. The molecule has 1 atom stereocenters. The standard InChI is InChI=1S/C13H15BrO2/c1-13(2,12(15)16)9-6-8-4-3-5-11(14)10(8)7-9/h3-5,9H,6-7H2,1-2H3,(H,15,16). The van der Waals surface area contributed by atoms with Crippen LogP contribution in [-0.4, -0.2) is 11.1 Å². The molecule has 86 valence electrons. The van der Waals surface area contributed by atoms with Crippen molar-refractivity contribution in [2.45, 2.75) is 26.7 Å². The van der Waals surface area contributed by atoms with Gasteiger partial charge in [0.05, 0.1) is 5.41 Å². The van der Waals surface area contributed by atoms with Gasteiger partial charge in [0.1, 0.15) is 0 Å². The smallest absolute Gasteiger partial charge is 0.309 e. The van der Waals surface area contributed by atoms with Gasteiger partial charge in [-0.1, -0.05) is 28.1 Å². The average Bonchev–Trinajstić information content (AvgIpc) is 2.63. The number of hydrogen-bond acceptors (Lipinski definition) is 1. The molecule has 1 aliphatic rings. The highest BCUT2D eigenvalue weighted by atomic mass is 79.9. The van der Waals surface area contributed by atoms with E-state index in [1.807, 2.05) is 26.0 Å². The predicted molar refractivity (Wildman–Crippen MR) is 66.5 cm³/mol. The van der Waals surface area contributed by atoms with Crippen LogP contribution in [0.2, 0.25) is 0 Å². The lowest BCUT2D eigenvalue weighted by molar-refractivity contribution is -0.149. The molecular formula is C13H15BrO2. The fourth-order valence-electron chi connectivity index (χ4n) is 2.29. The molecule has 1 unspecified atom stereocenters. The molecule has 1 aromatic rings. The summed E-state index contributed by atoms with van der Waals surface area (Å²) in [6.45, 7) is 3.64. The van der Waals surface area contributed by atoms with E-state index in [1.54, 1.807) is 0 Å². The molecule has 0 bridgehead atoms. The van der Waals surface area contributed by atoms with Crippen molar-refractivity contribution in [2.24, 2.45) is 11.3 Å². The van der Waals surface area contributed by atoms with Crippen LogP contribution in [0.5, 0.6) is 0 Å². The molecule has 16 heavy (non-hydrogen) atoms. The number of carboxylic acids is 1. The van der Waals surface area contributed by atoms with E-state index in [2.05, 4.69) is 22.0 Å². The van der Waals surface area contributed by atoms with E-state index in [4.69, 9.17) is 0 Å². The van der Waals surface area contributed by atoms with Crippen LogP contribution in [0, 0.1) is 11.3 Å². The van der Waals surface area contributed by atoms with Gasteiger partial charge >= 0.3 is 5.97 Å². The first kappa shape index (κ1) is 11.6. The summed E-state index contributed by atoms with van der Waals surface area (Å²) in [6.07, 6.45) is 1.73. The SMILES string of the molecule is CC(C)(C(=O)O)C1Cc2cccc(Br)c2C1. The molecule has 0 saturated heterocycles. The summed E-state index contributed by atoms with van der Waals surface area (Å²) < 4.78 is 1.11. The molecular weight excluding hydrogens is 268 g/mol. The third kappa shape index (κ3) is 1.77. The fraction of sp³-hybridized carbons (Fsp3) is 0.462. The van der Waals surface area contributed by atoms with Gasteiger partial charge in [-0.15, -0.1) is 0 Å². The maximum atomic E-state index is 11.2. The van der Waals surface area contributed by atoms with Crippen molar-refractivity contribution in [1.82, 2.24) is 0 Å². The van der Waals surface area contributed by atoms with Crippen molar-refractivity contribution in [3.8, 4) is 0 Å². The number of aliphatic carboxylic acids is 1. The Morgan fingerprint density at radius 1 is 1.44 bits per heavy atom. The molecule has 0 radical (unpaired) electrons. The molecule has 0 aromatic heterocycles. The summed E-state index contributed by atoms with van der Waals surface area (Å²) in [5.41, 5.74) is 1.91. The minimum absolute atomic E-state index is 0.193. The van der Waals surface area contributed by atoms with Crippen LogP contribution in [0.1, 0.15) is 25.0 Å². The van der Waals surface area contributed by atoms with Crippen molar-refractivity contribution in [3.63, 3.8) is 0 Å². The molecule has 0 saturated carbocycles. The fourth-order valence-corrected chi connectivity index (χ4v) is 2.86. The second-order valence-electron chi connectivity index (χ2n) is 5.01. The van der Waals surface area contributed by atoms with Crippen LogP contribution in [0.4, 0.5) is 0 Å². The lowest BCUT2D eigenvalue weighted by Gasteiger charge is -2.26. The zero-order valence-electron chi connectivity index (χ0n) is 9.46. The third-order valence-electron chi connectivity index (χ3n) is 3.70. The summed E-state index contributed by atoms with van der Waals surface area (Å²) in [5.74, 6) is -0.514. The van der Waals surface area contributed by atoms with Crippen LogP contribution >= 0.6 is 15.9 Å². The van der Waals surface area contributed by atoms with E-state index in [0.717, 1.165) is 17.3 Å². The number of hydrogen-bond donors (Lipinski definition) is 1. The minimum atomic E-state index is -0.707. The highest BCUT2D eigenvalue weighted by Crippen LogP contribution is 2.41. The molecule has 2 rings (SSSR count). The maximum Gasteiger partial charge on any atom is 0.309 e. The molecule has 0 fully saturated rings. The van der Waals surface area contributed by atoms with Gasteiger partial charge in [-0.2, -0.15) is 0 Å². The van der Waals surface area contributed by atoms with Gasteiger partial charge in [0.15, 0.2) is 0 Å². The first-order valence-electron chi connectivity index (χ1n) is 5.42. The number of benzene rings is 1. The van der Waals surface area contributed by atoms with E-state index in [0.29, 0.717) is 0 Å². The van der Waals surface area contributed by atoms with Gasteiger partial charge in [0.2, 0.25) is 0 Å². The van der Waals surface area contributed by atoms with Crippen LogP contribution < -0.4 is 0 Å². The van der Waals surface area contributed by atoms with Crippen molar-refractivity contribution in [2.75, 3.05) is 0 Å². The summed E-state index contributed by atoms with van der Waals surface area (Å²) in [5, 5.41) is 9.24. The summed E-state index contributed by atoms with van der Waals surface area (Å²) >= 11 is 3.53. The van der Waals surface area contributed by atoms with Crippen LogP contribution in [0.3, 0.4) is 0 Å². The lowest BCUT2D eigenvalue weighted by atomic mass is 9.77. The van der Waals surface area contributed by atoms with E-state index >= 15 is 0 Å². The Labute approximate surface area is 104 Å². The first-order chi connectivity index (χ1) is 7.43. The van der Waals surface area contributed by atoms with Crippen molar-refractivity contribution < 1.29 is 9.90 Å².